The zero-order valence-electron chi connectivity index (χ0n) is 19.6. The predicted molar refractivity (Wildman–Crippen MR) is 134 cm³/mol. The Morgan fingerprint density at radius 1 is 1.16 bits per heavy atom. The molecule has 9 nitrogen and oxygen atoms in total. The summed E-state index contributed by atoms with van der Waals surface area (Å²) < 4.78 is 16.1. The lowest BCUT2D eigenvalue weighted by Crippen LogP contribution is -2.44. The quantitative estimate of drug-likeness (QED) is 0.286. The van der Waals surface area contributed by atoms with Gasteiger partial charge in [-0.3, -0.25) is 9.79 Å². The van der Waals surface area contributed by atoms with E-state index in [1.807, 2.05) is 6.07 Å². The van der Waals surface area contributed by atoms with E-state index in [1.54, 1.807) is 35.2 Å². The summed E-state index contributed by atoms with van der Waals surface area (Å²) in [7, 11) is 0. The number of carbonyl (C=O) groups is 1. The van der Waals surface area contributed by atoms with Crippen LogP contribution < -0.4 is 4.73 Å². The number of benzene rings is 2. The molecule has 37 heavy (non-hydrogen) atoms. The highest BCUT2D eigenvalue weighted by atomic mass is 35.5. The summed E-state index contributed by atoms with van der Waals surface area (Å²) >= 11 is 6.27. The first kappa shape index (κ1) is 23.2. The van der Waals surface area contributed by atoms with Gasteiger partial charge in [0.1, 0.15) is 12.1 Å². The maximum Gasteiger partial charge on any atom is 0.223 e. The number of hydrogen-bond acceptors (Lipinski definition) is 6. The lowest BCUT2D eigenvalue weighted by molar-refractivity contribution is -0.614. The smallest absolute Gasteiger partial charge is 0.223 e. The first-order valence-corrected chi connectivity index (χ1v) is 12.2. The molecular formula is C26H21ClFN7O2. The summed E-state index contributed by atoms with van der Waals surface area (Å²) in [6, 6.07) is 13.2. The first-order valence-electron chi connectivity index (χ1n) is 11.9. The molecule has 0 saturated carbocycles. The standard InChI is InChI=1S/C26H21ClFN7O2/c27-18-3-7-24(34-15-29-31-32-34)20(12-18)16-2-6-25(35(37)14-16)21(13-26(36)33-8-1-9-33)23-11-17-10-19(28)4-5-22(17)30-23/h2-7,10,12,14-15,21H,1,8-9,11,13H2. The Morgan fingerprint density at radius 2 is 2.03 bits per heavy atom. The number of carbonyl (C=O) groups excluding carboxylic acids is 1. The molecule has 6 rings (SSSR count). The molecule has 186 valence electrons. The summed E-state index contributed by atoms with van der Waals surface area (Å²) in [4.78, 5) is 19.4. The van der Waals surface area contributed by atoms with Crippen LogP contribution in [0.1, 0.15) is 30.0 Å². The number of aromatic nitrogens is 5. The van der Waals surface area contributed by atoms with Crippen LogP contribution in [0.5, 0.6) is 0 Å². The summed E-state index contributed by atoms with van der Waals surface area (Å²) in [5, 5.41) is 25.3. The van der Waals surface area contributed by atoms with Crippen LogP contribution in [0.4, 0.5) is 10.1 Å². The minimum absolute atomic E-state index is 0.0269. The lowest BCUT2D eigenvalue weighted by Gasteiger charge is -2.32. The third-order valence-electron chi connectivity index (χ3n) is 6.83. The van der Waals surface area contributed by atoms with Crippen LogP contribution in [0.25, 0.3) is 16.8 Å². The number of tetrazole rings is 1. The zero-order chi connectivity index (χ0) is 25.5. The molecule has 0 aliphatic carbocycles. The van der Waals surface area contributed by atoms with Crippen LogP contribution in [-0.2, 0) is 11.2 Å². The Kier molecular flexibility index (Phi) is 5.88. The van der Waals surface area contributed by atoms with Crippen LogP contribution in [0.15, 0.2) is 66.0 Å². The summed E-state index contributed by atoms with van der Waals surface area (Å²) in [6.45, 7) is 1.43. The number of hydrogen-bond donors (Lipinski definition) is 0. The second kappa shape index (κ2) is 9.36. The van der Waals surface area contributed by atoms with Gasteiger partial charge in [-0.1, -0.05) is 11.6 Å². The van der Waals surface area contributed by atoms with Crippen molar-refractivity contribution in [3.8, 4) is 16.8 Å². The molecule has 0 bridgehead atoms. The van der Waals surface area contributed by atoms with Gasteiger partial charge in [-0.15, -0.1) is 5.10 Å². The van der Waals surface area contributed by atoms with Crippen molar-refractivity contribution < 1.29 is 13.9 Å². The highest BCUT2D eigenvalue weighted by Crippen LogP contribution is 2.35. The number of aliphatic imine (C=N–C) groups is 1. The predicted octanol–water partition coefficient (Wildman–Crippen LogP) is 3.79. The number of likely N-dealkylation sites (tertiary alicyclic amines) is 1. The number of rotatable bonds is 6. The van der Waals surface area contributed by atoms with Gasteiger partial charge >= 0.3 is 0 Å². The maximum atomic E-state index is 13.8. The molecule has 0 N–H and O–H groups in total. The molecule has 4 aromatic rings. The van der Waals surface area contributed by atoms with Crippen molar-refractivity contribution in [1.29, 1.82) is 0 Å². The van der Waals surface area contributed by atoms with Gasteiger partial charge in [0.2, 0.25) is 11.6 Å². The molecule has 11 heteroatoms. The molecule has 2 aromatic carbocycles. The number of nitrogens with zero attached hydrogens (tertiary/aromatic N) is 7. The number of pyridine rings is 1. The van der Waals surface area contributed by atoms with E-state index in [2.05, 4.69) is 15.5 Å². The number of fused-ring (bicyclic) bond motifs is 1. The van der Waals surface area contributed by atoms with Crippen molar-refractivity contribution in [2.45, 2.75) is 25.2 Å². The van der Waals surface area contributed by atoms with Crippen LogP contribution in [0.3, 0.4) is 0 Å². The molecule has 1 saturated heterocycles. The van der Waals surface area contributed by atoms with E-state index in [4.69, 9.17) is 16.6 Å². The van der Waals surface area contributed by atoms with Crippen molar-refractivity contribution in [3.63, 3.8) is 0 Å². The second-order valence-corrected chi connectivity index (χ2v) is 9.56. The van der Waals surface area contributed by atoms with E-state index in [0.29, 0.717) is 58.4 Å². The lowest BCUT2D eigenvalue weighted by atomic mass is 9.90. The van der Waals surface area contributed by atoms with Crippen molar-refractivity contribution in [3.05, 3.63) is 88.4 Å². The Labute approximate surface area is 216 Å². The summed E-state index contributed by atoms with van der Waals surface area (Å²) in [5.74, 6) is -0.916. The SMILES string of the molecule is O=C(CC(C1=Nc2ccc(F)cc2C1)c1ccc(-c2cc(Cl)ccc2-n2cnnn2)c[n+]1[O-])N1CCC1. The second-order valence-electron chi connectivity index (χ2n) is 9.13. The van der Waals surface area contributed by atoms with Crippen molar-refractivity contribution in [1.82, 2.24) is 25.1 Å². The molecule has 2 aliphatic heterocycles. The molecular weight excluding hydrogens is 497 g/mol. The third-order valence-corrected chi connectivity index (χ3v) is 7.07. The molecule has 0 spiro atoms. The maximum absolute atomic E-state index is 13.8. The molecule has 1 fully saturated rings. The molecule has 1 unspecified atom stereocenters. The van der Waals surface area contributed by atoms with E-state index < -0.39 is 5.92 Å². The van der Waals surface area contributed by atoms with Gasteiger partial charge in [0.25, 0.3) is 0 Å². The summed E-state index contributed by atoms with van der Waals surface area (Å²) in [6.07, 6.45) is 4.39. The molecule has 1 amide bonds. The van der Waals surface area contributed by atoms with E-state index in [0.717, 1.165) is 16.7 Å². The van der Waals surface area contributed by atoms with Gasteiger partial charge < -0.3 is 10.1 Å². The average Bonchev–Trinajstić information content (AvgIpc) is 3.51. The monoisotopic (exact) mass is 517 g/mol. The molecule has 0 radical (unpaired) electrons. The molecule has 2 aliphatic rings. The van der Waals surface area contributed by atoms with Crippen molar-refractivity contribution in [2.24, 2.45) is 4.99 Å². The summed E-state index contributed by atoms with van der Waals surface area (Å²) in [5.41, 5.74) is 4.42. The van der Waals surface area contributed by atoms with Gasteiger partial charge in [0.05, 0.1) is 17.3 Å². The van der Waals surface area contributed by atoms with Crippen LogP contribution in [0, 0.1) is 11.0 Å². The van der Waals surface area contributed by atoms with Crippen LogP contribution in [-0.4, -0.2) is 49.8 Å². The Bertz CT molecular complexity index is 1540. The third kappa shape index (κ3) is 4.44. The van der Waals surface area contributed by atoms with Crippen LogP contribution >= 0.6 is 11.6 Å². The highest BCUT2D eigenvalue weighted by Gasteiger charge is 2.34. The normalized spacial score (nSPS) is 15.2. The number of amides is 1. The van der Waals surface area contributed by atoms with Gasteiger partial charge in [-0.25, -0.2) is 4.39 Å². The fourth-order valence-corrected chi connectivity index (χ4v) is 4.96. The zero-order valence-corrected chi connectivity index (χ0v) is 20.3. The van der Waals surface area contributed by atoms with Gasteiger partial charge in [0, 0.05) is 53.9 Å². The topological polar surface area (TPSA) is 103 Å². The molecule has 2 aromatic heterocycles. The average molecular weight is 518 g/mol. The molecule has 1 atom stereocenters. The minimum Gasteiger partial charge on any atom is -0.618 e. The largest absolute Gasteiger partial charge is 0.618 e. The van der Waals surface area contributed by atoms with Gasteiger partial charge in [-0.05, 0) is 64.9 Å². The first-order chi connectivity index (χ1) is 18.0. The Balaban J connectivity index is 1.38. The van der Waals surface area contributed by atoms with Crippen molar-refractivity contribution in [2.75, 3.05) is 13.1 Å². The van der Waals surface area contributed by atoms with E-state index >= 15 is 0 Å². The number of halogens is 2. The minimum atomic E-state index is -0.548. The van der Waals surface area contributed by atoms with E-state index in [9.17, 15) is 14.4 Å². The fourth-order valence-electron chi connectivity index (χ4n) is 4.79. The van der Waals surface area contributed by atoms with E-state index in [-0.39, 0.29) is 18.1 Å². The Hall–Kier alpha value is -4.18. The Morgan fingerprint density at radius 3 is 2.76 bits per heavy atom. The molecule has 4 heterocycles. The fraction of sp³-hybridized carbons (Fsp3) is 0.231. The van der Waals surface area contributed by atoms with Crippen molar-refractivity contribution >= 4 is 28.9 Å². The highest BCUT2D eigenvalue weighted by molar-refractivity contribution is 6.31. The van der Waals surface area contributed by atoms with Gasteiger partial charge in [0.15, 0.2) is 6.20 Å². The van der Waals surface area contributed by atoms with Crippen LogP contribution in [0.2, 0.25) is 5.02 Å². The van der Waals surface area contributed by atoms with Gasteiger partial charge in [-0.2, -0.15) is 9.41 Å². The van der Waals surface area contributed by atoms with E-state index in [1.165, 1.54) is 29.3 Å².